The zero-order valence-electron chi connectivity index (χ0n) is 18.6. The van der Waals surface area contributed by atoms with Crippen LogP contribution in [0.1, 0.15) is 16.1 Å². The molecule has 0 fully saturated rings. The maximum Gasteiger partial charge on any atom is 0.255 e. The van der Waals surface area contributed by atoms with Gasteiger partial charge in [0.15, 0.2) is 11.5 Å². The summed E-state index contributed by atoms with van der Waals surface area (Å²) in [5, 5.41) is 0. The molecule has 1 aliphatic rings. The molecule has 7 heteroatoms. The van der Waals surface area contributed by atoms with E-state index in [4.69, 9.17) is 14.5 Å². The van der Waals surface area contributed by atoms with E-state index in [2.05, 4.69) is 22.0 Å². The van der Waals surface area contributed by atoms with Crippen LogP contribution in [-0.2, 0) is 19.5 Å². The molecule has 0 unspecified atom stereocenters. The summed E-state index contributed by atoms with van der Waals surface area (Å²) >= 11 is 1.76. The molecule has 5 rings (SSSR count). The minimum Gasteiger partial charge on any atom is -0.493 e. The van der Waals surface area contributed by atoms with Crippen LogP contribution in [0.15, 0.2) is 65.5 Å². The topological polar surface area (TPSA) is 67.5 Å². The van der Waals surface area contributed by atoms with Gasteiger partial charge in [-0.05, 0) is 35.9 Å². The number of hydrogen-bond donors (Lipinski definition) is 1. The van der Waals surface area contributed by atoms with E-state index in [0.717, 1.165) is 53.4 Å². The summed E-state index contributed by atoms with van der Waals surface area (Å²) in [5.74, 6) is 2.09. The molecule has 0 aliphatic carbocycles. The van der Waals surface area contributed by atoms with Crippen LogP contribution >= 0.6 is 11.3 Å². The Morgan fingerprint density at radius 1 is 1.00 bits per heavy atom. The Morgan fingerprint density at radius 2 is 1.82 bits per heavy atom. The molecule has 168 valence electrons. The van der Waals surface area contributed by atoms with Crippen molar-refractivity contribution in [1.82, 2.24) is 14.9 Å². The number of aromatic amines is 1. The van der Waals surface area contributed by atoms with Crippen LogP contribution < -0.4 is 15.0 Å². The Kier molecular flexibility index (Phi) is 5.98. The smallest absolute Gasteiger partial charge is 0.255 e. The third kappa shape index (κ3) is 4.42. The molecule has 1 aliphatic heterocycles. The molecule has 0 atom stereocenters. The average Bonchev–Trinajstić information content (AvgIpc) is 3.33. The number of ether oxygens (including phenoxy) is 2. The first kappa shape index (κ1) is 21.4. The van der Waals surface area contributed by atoms with E-state index >= 15 is 0 Å². The Hall–Kier alpha value is -3.42. The minimum absolute atomic E-state index is 0.0410. The number of aromatic nitrogens is 2. The number of methoxy groups -OCH3 is 2. The van der Waals surface area contributed by atoms with E-state index in [1.165, 1.54) is 9.75 Å². The van der Waals surface area contributed by atoms with Crippen molar-refractivity contribution in [2.75, 3.05) is 20.8 Å². The van der Waals surface area contributed by atoms with Crippen LogP contribution in [0.2, 0.25) is 0 Å². The molecule has 4 aromatic rings. The van der Waals surface area contributed by atoms with E-state index < -0.39 is 0 Å². The third-order valence-electron chi connectivity index (χ3n) is 5.90. The largest absolute Gasteiger partial charge is 0.493 e. The predicted octanol–water partition coefficient (Wildman–Crippen LogP) is 4.74. The lowest BCUT2D eigenvalue weighted by Crippen LogP contribution is -2.35. The molecule has 0 radical (unpaired) electrons. The number of nitrogens with zero attached hydrogens (tertiary/aromatic N) is 2. The summed E-state index contributed by atoms with van der Waals surface area (Å²) in [6, 6.07) is 20.1. The first-order valence-electron chi connectivity index (χ1n) is 10.9. The van der Waals surface area contributed by atoms with Crippen molar-refractivity contribution in [3.8, 4) is 33.3 Å². The van der Waals surface area contributed by atoms with Gasteiger partial charge in [-0.25, -0.2) is 4.98 Å². The molecule has 0 saturated carbocycles. The summed E-state index contributed by atoms with van der Waals surface area (Å²) in [5.41, 5.74) is 3.67. The highest BCUT2D eigenvalue weighted by Crippen LogP contribution is 2.35. The Labute approximate surface area is 196 Å². The van der Waals surface area contributed by atoms with Crippen molar-refractivity contribution < 1.29 is 9.47 Å². The quantitative estimate of drug-likeness (QED) is 0.451. The fourth-order valence-corrected chi connectivity index (χ4v) is 5.22. The fourth-order valence-electron chi connectivity index (χ4n) is 4.18. The first-order chi connectivity index (χ1) is 16.1. The zero-order chi connectivity index (χ0) is 22.8. The van der Waals surface area contributed by atoms with Gasteiger partial charge in [0.25, 0.3) is 5.56 Å². The van der Waals surface area contributed by atoms with Crippen molar-refractivity contribution in [2.45, 2.75) is 19.5 Å². The van der Waals surface area contributed by atoms with Gasteiger partial charge < -0.3 is 14.5 Å². The van der Waals surface area contributed by atoms with Gasteiger partial charge in [-0.15, -0.1) is 11.3 Å². The number of benzene rings is 2. The average molecular weight is 460 g/mol. The molecule has 2 aromatic carbocycles. The number of thiophene rings is 1. The maximum atomic E-state index is 12.8. The number of H-pyrrole nitrogens is 1. The van der Waals surface area contributed by atoms with Crippen molar-refractivity contribution >= 4 is 11.3 Å². The van der Waals surface area contributed by atoms with Gasteiger partial charge in [0, 0.05) is 41.4 Å². The maximum absolute atomic E-state index is 12.8. The highest BCUT2D eigenvalue weighted by molar-refractivity contribution is 7.15. The summed E-state index contributed by atoms with van der Waals surface area (Å²) in [6.45, 7) is 2.29. The van der Waals surface area contributed by atoms with Crippen LogP contribution in [0.3, 0.4) is 0 Å². The molecule has 3 heterocycles. The molecule has 0 amide bonds. The lowest BCUT2D eigenvalue weighted by atomic mass is 10.1. The second-order valence-electron chi connectivity index (χ2n) is 8.00. The number of rotatable bonds is 6. The normalized spacial score (nSPS) is 13.5. The Bertz CT molecular complexity index is 1330. The molecule has 6 nitrogen and oxygen atoms in total. The predicted molar refractivity (Wildman–Crippen MR) is 131 cm³/mol. The minimum atomic E-state index is -0.0410. The van der Waals surface area contributed by atoms with Crippen molar-refractivity contribution in [3.05, 3.63) is 87.2 Å². The lowest BCUT2D eigenvalue weighted by Gasteiger charge is -2.27. The van der Waals surface area contributed by atoms with Crippen LogP contribution in [0.5, 0.6) is 11.5 Å². The zero-order valence-corrected chi connectivity index (χ0v) is 19.4. The Morgan fingerprint density at radius 3 is 2.61 bits per heavy atom. The van der Waals surface area contributed by atoms with Crippen LogP contribution in [0, 0.1) is 0 Å². The molecule has 2 aromatic heterocycles. The second kappa shape index (κ2) is 9.21. The molecule has 0 spiro atoms. The SMILES string of the molecule is COc1ccc(-c2ccc(CN3CCc4nc(-c5ccccc5)[nH]c(=O)c4C3)s2)cc1OC. The number of fused-ring (bicyclic) bond motifs is 1. The lowest BCUT2D eigenvalue weighted by molar-refractivity contribution is 0.244. The summed E-state index contributed by atoms with van der Waals surface area (Å²) in [4.78, 5) is 25.3. The number of hydrogen-bond acceptors (Lipinski definition) is 6. The fraction of sp³-hybridized carbons (Fsp3) is 0.231. The van der Waals surface area contributed by atoms with E-state index in [1.54, 1.807) is 25.6 Å². The highest BCUT2D eigenvalue weighted by atomic mass is 32.1. The van der Waals surface area contributed by atoms with Crippen LogP contribution in [-0.4, -0.2) is 35.6 Å². The van der Waals surface area contributed by atoms with Gasteiger partial charge in [0.05, 0.1) is 25.5 Å². The van der Waals surface area contributed by atoms with Gasteiger partial charge in [0.1, 0.15) is 5.82 Å². The summed E-state index contributed by atoms with van der Waals surface area (Å²) in [6.07, 6.45) is 0.771. The van der Waals surface area contributed by atoms with Gasteiger partial charge >= 0.3 is 0 Å². The third-order valence-corrected chi connectivity index (χ3v) is 7.02. The van der Waals surface area contributed by atoms with E-state index in [1.807, 2.05) is 48.5 Å². The molecular weight excluding hydrogens is 434 g/mol. The standard InChI is InChI=1S/C26H25N3O3S/c1-31-22-10-8-18(14-23(22)32-2)24-11-9-19(33-24)15-29-13-12-21-20(16-29)26(30)28-25(27-21)17-6-4-3-5-7-17/h3-11,14H,12-13,15-16H2,1-2H3,(H,27,28,30). The summed E-state index contributed by atoms with van der Waals surface area (Å²) in [7, 11) is 3.29. The monoisotopic (exact) mass is 459 g/mol. The van der Waals surface area contributed by atoms with E-state index in [9.17, 15) is 4.79 Å². The van der Waals surface area contributed by atoms with Gasteiger partial charge in [-0.3, -0.25) is 9.69 Å². The van der Waals surface area contributed by atoms with Crippen LogP contribution in [0.4, 0.5) is 0 Å². The van der Waals surface area contributed by atoms with Crippen molar-refractivity contribution in [1.29, 1.82) is 0 Å². The Balaban J connectivity index is 1.32. The molecule has 0 saturated heterocycles. The summed E-state index contributed by atoms with van der Waals surface area (Å²) < 4.78 is 10.8. The van der Waals surface area contributed by atoms with Crippen molar-refractivity contribution in [2.24, 2.45) is 0 Å². The second-order valence-corrected chi connectivity index (χ2v) is 9.17. The van der Waals surface area contributed by atoms with Crippen molar-refractivity contribution in [3.63, 3.8) is 0 Å². The van der Waals surface area contributed by atoms with E-state index in [0.29, 0.717) is 12.4 Å². The molecule has 33 heavy (non-hydrogen) atoms. The number of nitrogens with one attached hydrogen (secondary N) is 1. The molecular formula is C26H25N3O3S. The van der Waals surface area contributed by atoms with Gasteiger partial charge in [-0.1, -0.05) is 30.3 Å². The first-order valence-corrected chi connectivity index (χ1v) is 11.7. The van der Waals surface area contributed by atoms with Gasteiger partial charge in [0.2, 0.25) is 0 Å². The molecule has 1 N–H and O–H groups in total. The van der Waals surface area contributed by atoms with E-state index in [-0.39, 0.29) is 5.56 Å². The van der Waals surface area contributed by atoms with Gasteiger partial charge in [-0.2, -0.15) is 0 Å². The molecule has 0 bridgehead atoms. The van der Waals surface area contributed by atoms with Crippen LogP contribution in [0.25, 0.3) is 21.8 Å². The highest BCUT2D eigenvalue weighted by Gasteiger charge is 2.22.